The molecule has 0 saturated heterocycles. The van der Waals surface area contributed by atoms with E-state index in [1.807, 2.05) is 6.07 Å². The average Bonchev–Trinajstić information content (AvgIpc) is 3.18. The summed E-state index contributed by atoms with van der Waals surface area (Å²) in [6, 6.07) is 36.2. The molecule has 0 spiro atoms. The quantitative estimate of drug-likeness (QED) is 0.248. The molecule has 1 heterocycles. The lowest BCUT2D eigenvalue weighted by molar-refractivity contribution is 1.20. The molecule has 0 saturated carbocycles. The van der Waals surface area contributed by atoms with Gasteiger partial charge < -0.3 is 4.57 Å². The Labute approximate surface area is 195 Å². The summed E-state index contributed by atoms with van der Waals surface area (Å²) in [5, 5.41) is 2.57. The van der Waals surface area contributed by atoms with E-state index in [9.17, 15) is 0 Å². The van der Waals surface area contributed by atoms with Crippen LogP contribution in [0, 0.1) is 6.92 Å². The van der Waals surface area contributed by atoms with Crippen molar-refractivity contribution in [1.29, 1.82) is 0 Å². The minimum Gasteiger partial charge on any atom is -0.313 e. The van der Waals surface area contributed by atoms with Crippen molar-refractivity contribution in [2.24, 2.45) is 0 Å². The van der Waals surface area contributed by atoms with E-state index in [-0.39, 0.29) is 0 Å². The van der Waals surface area contributed by atoms with Gasteiger partial charge in [-0.05, 0) is 66.5 Å². The monoisotopic (exact) mass is 425 g/mol. The van der Waals surface area contributed by atoms with Crippen molar-refractivity contribution in [3.05, 3.63) is 139 Å². The van der Waals surface area contributed by atoms with Crippen LogP contribution < -0.4 is 0 Å². The molecule has 0 unspecified atom stereocenters. The molecule has 0 aliphatic carbocycles. The zero-order valence-electron chi connectivity index (χ0n) is 19.1. The van der Waals surface area contributed by atoms with Crippen LogP contribution in [0.3, 0.4) is 0 Å². The van der Waals surface area contributed by atoms with Crippen LogP contribution in [-0.4, -0.2) is 4.57 Å². The molecule has 5 rings (SSSR count). The largest absolute Gasteiger partial charge is 0.313 e. The number of para-hydroxylation sites is 1. The van der Waals surface area contributed by atoms with Crippen molar-refractivity contribution >= 4 is 38.6 Å². The van der Waals surface area contributed by atoms with Gasteiger partial charge in [-0.2, -0.15) is 0 Å². The molecule has 33 heavy (non-hydrogen) atoms. The molecule has 1 aromatic heterocycles. The van der Waals surface area contributed by atoms with Crippen molar-refractivity contribution in [1.82, 2.24) is 4.57 Å². The van der Waals surface area contributed by atoms with Gasteiger partial charge in [0.25, 0.3) is 0 Å². The van der Waals surface area contributed by atoms with Gasteiger partial charge >= 0.3 is 0 Å². The van der Waals surface area contributed by atoms with Gasteiger partial charge in [0.1, 0.15) is 0 Å². The van der Waals surface area contributed by atoms with E-state index >= 15 is 0 Å². The molecule has 0 amide bonds. The predicted octanol–water partition coefficient (Wildman–Crippen LogP) is 8.76. The second-order valence-corrected chi connectivity index (χ2v) is 8.52. The minimum absolute atomic E-state index is 0.997. The Kier molecular flexibility index (Phi) is 5.54. The van der Waals surface area contributed by atoms with Crippen molar-refractivity contribution in [3.8, 4) is 0 Å². The number of fused-ring (bicyclic) bond motifs is 3. The van der Waals surface area contributed by atoms with Crippen LogP contribution in [0.5, 0.6) is 0 Å². The molecule has 0 N–H and O–H groups in total. The summed E-state index contributed by atoms with van der Waals surface area (Å²) in [6.07, 6.45) is 4.46. The van der Waals surface area contributed by atoms with Gasteiger partial charge in [0, 0.05) is 16.5 Å². The molecule has 4 aromatic carbocycles. The summed E-state index contributed by atoms with van der Waals surface area (Å²) >= 11 is 0. The summed E-state index contributed by atoms with van der Waals surface area (Å²) < 4.78 is 2.37. The standard InChI is InChI=1S/C32H27N/c1-23-18-19-32-30(20-23)29-16-10-11-17-31(29)33(32)25(3)22-28(27-14-8-5-9-15-27)21-24(2)26-12-6-4-7-13-26/h4-22H,2H2,1,3H3/b25-22+,28-21+. The van der Waals surface area contributed by atoms with Gasteiger partial charge in [-0.3, -0.25) is 0 Å². The molecule has 0 aliphatic heterocycles. The fraction of sp³-hybridized carbons (Fsp3) is 0.0625. The highest BCUT2D eigenvalue weighted by Gasteiger charge is 2.12. The molecular weight excluding hydrogens is 398 g/mol. The Hall–Kier alpha value is -4.10. The van der Waals surface area contributed by atoms with Crippen molar-refractivity contribution in [3.63, 3.8) is 0 Å². The Morgan fingerprint density at radius 3 is 2.00 bits per heavy atom. The van der Waals surface area contributed by atoms with E-state index in [0.29, 0.717) is 0 Å². The summed E-state index contributed by atoms with van der Waals surface area (Å²) in [4.78, 5) is 0. The zero-order valence-corrected chi connectivity index (χ0v) is 19.1. The normalized spacial score (nSPS) is 12.4. The van der Waals surface area contributed by atoms with Gasteiger partial charge in [0.05, 0.1) is 11.0 Å². The summed E-state index contributed by atoms with van der Waals surface area (Å²) in [7, 11) is 0. The number of hydrogen-bond acceptors (Lipinski definition) is 0. The first-order valence-corrected chi connectivity index (χ1v) is 11.3. The van der Waals surface area contributed by atoms with E-state index in [4.69, 9.17) is 0 Å². The van der Waals surface area contributed by atoms with Gasteiger partial charge in [0.15, 0.2) is 0 Å². The molecule has 0 radical (unpaired) electrons. The Balaban J connectivity index is 1.70. The first kappa shape index (κ1) is 20.8. The first-order chi connectivity index (χ1) is 16.1. The van der Waals surface area contributed by atoms with Crippen molar-refractivity contribution in [2.75, 3.05) is 0 Å². The van der Waals surface area contributed by atoms with E-state index in [2.05, 4.69) is 134 Å². The third-order valence-corrected chi connectivity index (χ3v) is 6.13. The summed E-state index contributed by atoms with van der Waals surface area (Å²) in [5.41, 5.74) is 9.33. The van der Waals surface area contributed by atoms with Crippen LogP contribution >= 0.6 is 0 Å². The SMILES string of the molecule is C=C(/C=C(\C=C(/C)n1c2ccccc2c2cc(C)ccc21)c1ccccc1)c1ccccc1. The highest BCUT2D eigenvalue weighted by molar-refractivity contribution is 6.10. The fourth-order valence-electron chi connectivity index (χ4n) is 4.52. The lowest BCUT2D eigenvalue weighted by atomic mass is 9.99. The molecule has 0 fully saturated rings. The Morgan fingerprint density at radius 1 is 0.667 bits per heavy atom. The Morgan fingerprint density at radius 2 is 1.27 bits per heavy atom. The molecule has 1 heteroatoms. The predicted molar refractivity (Wildman–Crippen MR) is 144 cm³/mol. The topological polar surface area (TPSA) is 4.93 Å². The minimum atomic E-state index is 0.997. The zero-order chi connectivity index (χ0) is 22.8. The number of hydrogen-bond donors (Lipinski definition) is 0. The third kappa shape index (κ3) is 4.06. The van der Waals surface area contributed by atoms with Crippen molar-refractivity contribution < 1.29 is 0 Å². The fourth-order valence-corrected chi connectivity index (χ4v) is 4.52. The van der Waals surface area contributed by atoms with Crippen LogP contribution in [0.25, 0.3) is 38.6 Å². The molecule has 5 aromatic rings. The molecule has 160 valence electrons. The van der Waals surface area contributed by atoms with Gasteiger partial charge in [-0.25, -0.2) is 0 Å². The molecule has 0 aliphatic rings. The van der Waals surface area contributed by atoms with Gasteiger partial charge in [-0.1, -0.05) is 97.1 Å². The second kappa shape index (κ2) is 8.80. The molecular formula is C32H27N. The summed E-state index contributed by atoms with van der Waals surface area (Å²) in [5.74, 6) is 0. The lowest BCUT2D eigenvalue weighted by Crippen LogP contribution is -1.95. The summed E-state index contributed by atoms with van der Waals surface area (Å²) in [6.45, 7) is 8.70. The third-order valence-electron chi connectivity index (χ3n) is 6.13. The van der Waals surface area contributed by atoms with Gasteiger partial charge in [0.2, 0.25) is 0 Å². The number of aromatic nitrogens is 1. The molecule has 0 atom stereocenters. The van der Waals surface area contributed by atoms with Crippen LogP contribution in [0.1, 0.15) is 23.6 Å². The van der Waals surface area contributed by atoms with Crippen molar-refractivity contribution in [2.45, 2.75) is 13.8 Å². The van der Waals surface area contributed by atoms with E-state index in [1.54, 1.807) is 0 Å². The molecule has 0 bridgehead atoms. The highest BCUT2D eigenvalue weighted by Crippen LogP contribution is 2.33. The second-order valence-electron chi connectivity index (χ2n) is 8.52. The maximum absolute atomic E-state index is 4.36. The average molecular weight is 426 g/mol. The highest BCUT2D eigenvalue weighted by atomic mass is 15.0. The Bertz CT molecular complexity index is 1510. The number of nitrogens with zero attached hydrogens (tertiary/aromatic N) is 1. The lowest BCUT2D eigenvalue weighted by Gasteiger charge is -2.12. The molecule has 1 nitrogen and oxygen atoms in total. The van der Waals surface area contributed by atoms with E-state index in [0.717, 1.165) is 16.7 Å². The maximum atomic E-state index is 4.36. The van der Waals surface area contributed by atoms with Gasteiger partial charge in [-0.15, -0.1) is 0 Å². The van der Waals surface area contributed by atoms with E-state index in [1.165, 1.54) is 38.6 Å². The maximum Gasteiger partial charge on any atom is 0.0537 e. The van der Waals surface area contributed by atoms with Crippen LogP contribution in [0.4, 0.5) is 0 Å². The van der Waals surface area contributed by atoms with Crippen LogP contribution in [0.15, 0.2) is 122 Å². The first-order valence-electron chi connectivity index (χ1n) is 11.3. The number of aryl methyl sites for hydroxylation is 1. The van der Waals surface area contributed by atoms with Crippen LogP contribution in [-0.2, 0) is 0 Å². The smallest absolute Gasteiger partial charge is 0.0537 e. The number of rotatable bonds is 5. The van der Waals surface area contributed by atoms with E-state index < -0.39 is 0 Å². The number of allylic oxidation sites excluding steroid dienone is 5. The van der Waals surface area contributed by atoms with Crippen LogP contribution in [0.2, 0.25) is 0 Å². The number of benzene rings is 4.